The Morgan fingerprint density at radius 1 is 1.24 bits per heavy atom. The van der Waals surface area contributed by atoms with Gasteiger partial charge in [0.25, 0.3) is 0 Å². The first kappa shape index (κ1) is 14.7. The number of hydrogen-bond donors (Lipinski definition) is 1. The summed E-state index contributed by atoms with van der Waals surface area (Å²) in [6.07, 6.45) is 4.31. The van der Waals surface area contributed by atoms with Crippen LogP contribution in [0.1, 0.15) is 25.7 Å². The zero-order chi connectivity index (χ0) is 14.7. The number of anilines is 2. The van der Waals surface area contributed by atoms with E-state index in [9.17, 15) is 4.79 Å². The van der Waals surface area contributed by atoms with E-state index in [4.69, 9.17) is 16.3 Å². The maximum atomic E-state index is 12.4. The number of para-hydroxylation sites is 1. The molecule has 0 unspecified atom stereocenters. The van der Waals surface area contributed by atoms with Gasteiger partial charge in [-0.15, -0.1) is 0 Å². The summed E-state index contributed by atoms with van der Waals surface area (Å²) < 4.78 is 5.39. The van der Waals surface area contributed by atoms with E-state index in [0.29, 0.717) is 18.2 Å². The number of carbonyl (C=O) groups excluding carboxylic acids is 1. The van der Waals surface area contributed by atoms with E-state index in [0.717, 1.165) is 50.1 Å². The molecule has 1 saturated carbocycles. The highest BCUT2D eigenvalue weighted by molar-refractivity contribution is 6.34. The number of ether oxygens (including phenoxy) is 1. The van der Waals surface area contributed by atoms with Crippen molar-refractivity contribution in [2.75, 3.05) is 36.5 Å². The molecule has 1 aromatic carbocycles. The van der Waals surface area contributed by atoms with E-state index in [2.05, 4.69) is 10.2 Å². The molecule has 2 fully saturated rings. The molecular weight excluding hydrogens is 288 g/mol. The van der Waals surface area contributed by atoms with E-state index in [-0.39, 0.29) is 11.8 Å². The Labute approximate surface area is 130 Å². The second kappa shape index (κ2) is 6.67. The summed E-state index contributed by atoms with van der Waals surface area (Å²) in [5.41, 5.74) is 1.75. The molecule has 114 valence electrons. The lowest BCUT2D eigenvalue weighted by Crippen LogP contribution is -2.37. The summed E-state index contributed by atoms with van der Waals surface area (Å²) in [6.45, 7) is 2.99. The molecule has 5 heteroatoms. The monoisotopic (exact) mass is 308 g/mol. The van der Waals surface area contributed by atoms with Crippen molar-refractivity contribution in [1.29, 1.82) is 0 Å². The molecule has 1 aliphatic heterocycles. The van der Waals surface area contributed by atoms with E-state index in [1.165, 1.54) is 0 Å². The number of nitrogens with zero attached hydrogens (tertiary/aromatic N) is 1. The Bertz CT molecular complexity index is 509. The van der Waals surface area contributed by atoms with Gasteiger partial charge in [0, 0.05) is 19.0 Å². The van der Waals surface area contributed by atoms with Crippen LogP contribution in [0.25, 0.3) is 0 Å². The zero-order valence-corrected chi connectivity index (χ0v) is 12.9. The van der Waals surface area contributed by atoms with Crippen LogP contribution in [0.5, 0.6) is 0 Å². The van der Waals surface area contributed by atoms with Crippen LogP contribution in [0.4, 0.5) is 11.4 Å². The van der Waals surface area contributed by atoms with Gasteiger partial charge >= 0.3 is 0 Å². The maximum absolute atomic E-state index is 12.4. The van der Waals surface area contributed by atoms with Gasteiger partial charge in [0.05, 0.1) is 29.6 Å². The fourth-order valence-electron chi connectivity index (χ4n) is 3.15. The standard InChI is InChI=1S/C16H21ClN2O2/c17-13-6-3-7-14(15(13)19-8-10-21-11-9-19)18-16(20)12-4-1-2-5-12/h3,6-7,12H,1-2,4-5,8-11H2,(H,18,20). The van der Waals surface area contributed by atoms with Crippen molar-refractivity contribution < 1.29 is 9.53 Å². The first-order valence-electron chi connectivity index (χ1n) is 7.68. The van der Waals surface area contributed by atoms with Crippen molar-refractivity contribution in [1.82, 2.24) is 0 Å². The van der Waals surface area contributed by atoms with Crippen molar-refractivity contribution in [3.05, 3.63) is 23.2 Å². The Hall–Kier alpha value is -1.26. The quantitative estimate of drug-likeness (QED) is 0.931. The van der Waals surface area contributed by atoms with Crippen LogP contribution in [0.3, 0.4) is 0 Å². The summed E-state index contributed by atoms with van der Waals surface area (Å²) in [5.74, 6) is 0.283. The molecule has 0 spiro atoms. The predicted octanol–water partition coefficient (Wildman–Crippen LogP) is 3.31. The molecule has 1 heterocycles. The molecule has 4 nitrogen and oxygen atoms in total. The number of benzene rings is 1. The lowest BCUT2D eigenvalue weighted by molar-refractivity contribution is -0.119. The molecule has 1 aliphatic carbocycles. The lowest BCUT2D eigenvalue weighted by atomic mass is 10.1. The van der Waals surface area contributed by atoms with E-state index < -0.39 is 0 Å². The van der Waals surface area contributed by atoms with Crippen LogP contribution in [0.2, 0.25) is 5.02 Å². The first-order valence-corrected chi connectivity index (χ1v) is 8.05. The highest BCUT2D eigenvalue weighted by Crippen LogP contribution is 2.35. The highest BCUT2D eigenvalue weighted by atomic mass is 35.5. The highest BCUT2D eigenvalue weighted by Gasteiger charge is 2.25. The van der Waals surface area contributed by atoms with Crippen LogP contribution in [0, 0.1) is 5.92 Å². The Balaban J connectivity index is 1.80. The molecule has 1 aromatic rings. The molecule has 3 rings (SSSR count). The molecule has 0 bridgehead atoms. The van der Waals surface area contributed by atoms with Crippen molar-refractivity contribution in [2.45, 2.75) is 25.7 Å². The molecule has 1 N–H and O–H groups in total. The fraction of sp³-hybridized carbons (Fsp3) is 0.562. The SMILES string of the molecule is O=C(Nc1cccc(Cl)c1N1CCOCC1)C1CCCC1. The van der Waals surface area contributed by atoms with Gasteiger partial charge in [-0.25, -0.2) is 0 Å². The van der Waals surface area contributed by atoms with E-state index in [1.54, 1.807) is 0 Å². The van der Waals surface area contributed by atoms with Crippen LogP contribution in [0.15, 0.2) is 18.2 Å². The normalized spacial score (nSPS) is 19.8. The molecule has 1 amide bonds. The van der Waals surface area contributed by atoms with Crippen LogP contribution >= 0.6 is 11.6 Å². The van der Waals surface area contributed by atoms with Crippen molar-refractivity contribution >= 4 is 28.9 Å². The summed E-state index contributed by atoms with van der Waals surface area (Å²) in [7, 11) is 0. The van der Waals surface area contributed by atoms with Gasteiger partial charge in [0.15, 0.2) is 0 Å². The Morgan fingerprint density at radius 2 is 1.95 bits per heavy atom. The Kier molecular flexibility index (Phi) is 4.66. The number of carbonyl (C=O) groups is 1. The third kappa shape index (κ3) is 3.33. The minimum absolute atomic E-state index is 0.129. The van der Waals surface area contributed by atoms with Gasteiger partial charge in [-0.05, 0) is 25.0 Å². The summed E-state index contributed by atoms with van der Waals surface area (Å²) in [6, 6.07) is 5.69. The average Bonchev–Trinajstić information content (AvgIpc) is 3.02. The van der Waals surface area contributed by atoms with Crippen molar-refractivity contribution in [2.24, 2.45) is 5.92 Å². The smallest absolute Gasteiger partial charge is 0.227 e. The number of hydrogen-bond acceptors (Lipinski definition) is 3. The van der Waals surface area contributed by atoms with Gasteiger partial charge in [-0.1, -0.05) is 30.5 Å². The molecule has 0 atom stereocenters. The maximum Gasteiger partial charge on any atom is 0.227 e. The predicted molar refractivity (Wildman–Crippen MR) is 85.1 cm³/mol. The molecule has 0 radical (unpaired) electrons. The minimum atomic E-state index is 0.129. The third-order valence-electron chi connectivity index (χ3n) is 4.30. The molecule has 1 saturated heterocycles. The van der Waals surface area contributed by atoms with Gasteiger partial charge in [-0.2, -0.15) is 0 Å². The first-order chi connectivity index (χ1) is 10.3. The summed E-state index contributed by atoms with van der Waals surface area (Å²) in [5, 5.41) is 3.77. The van der Waals surface area contributed by atoms with Gasteiger partial charge in [-0.3, -0.25) is 4.79 Å². The fourth-order valence-corrected chi connectivity index (χ4v) is 3.44. The Morgan fingerprint density at radius 3 is 2.67 bits per heavy atom. The van der Waals surface area contributed by atoms with E-state index >= 15 is 0 Å². The van der Waals surface area contributed by atoms with Gasteiger partial charge in [0.2, 0.25) is 5.91 Å². The van der Waals surface area contributed by atoms with E-state index in [1.807, 2.05) is 18.2 Å². The van der Waals surface area contributed by atoms with Crippen LogP contribution in [-0.2, 0) is 9.53 Å². The molecular formula is C16H21ClN2O2. The average molecular weight is 309 g/mol. The van der Waals surface area contributed by atoms with Crippen LogP contribution < -0.4 is 10.2 Å². The number of amides is 1. The number of morpholine rings is 1. The van der Waals surface area contributed by atoms with Gasteiger partial charge < -0.3 is 15.0 Å². The third-order valence-corrected chi connectivity index (χ3v) is 4.60. The minimum Gasteiger partial charge on any atom is -0.378 e. The van der Waals surface area contributed by atoms with Crippen molar-refractivity contribution in [3.8, 4) is 0 Å². The van der Waals surface area contributed by atoms with Gasteiger partial charge in [0.1, 0.15) is 0 Å². The zero-order valence-electron chi connectivity index (χ0n) is 12.1. The van der Waals surface area contributed by atoms with Crippen LogP contribution in [-0.4, -0.2) is 32.2 Å². The lowest BCUT2D eigenvalue weighted by Gasteiger charge is -2.31. The second-order valence-corrected chi connectivity index (χ2v) is 6.11. The molecule has 2 aliphatic rings. The summed E-state index contributed by atoms with van der Waals surface area (Å²) in [4.78, 5) is 14.6. The number of rotatable bonds is 3. The molecule has 21 heavy (non-hydrogen) atoms. The summed E-state index contributed by atoms with van der Waals surface area (Å²) >= 11 is 6.37. The largest absolute Gasteiger partial charge is 0.378 e. The number of nitrogens with one attached hydrogen (secondary N) is 1. The number of halogens is 1. The molecule has 0 aromatic heterocycles. The topological polar surface area (TPSA) is 41.6 Å². The second-order valence-electron chi connectivity index (χ2n) is 5.71. The van der Waals surface area contributed by atoms with Crippen molar-refractivity contribution in [3.63, 3.8) is 0 Å².